The number of benzene rings is 6. The average Bonchev–Trinajstić information content (AvgIpc) is 3.56. The van der Waals surface area contributed by atoms with Gasteiger partial charge in [0, 0.05) is 17.3 Å². The molecule has 52 heavy (non-hydrogen) atoms. The van der Waals surface area contributed by atoms with Crippen LogP contribution in [-0.4, -0.2) is 19.5 Å². The van der Waals surface area contributed by atoms with Crippen LogP contribution in [0.5, 0.6) is 0 Å². The van der Waals surface area contributed by atoms with Gasteiger partial charge in [0.1, 0.15) is 0 Å². The summed E-state index contributed by atoms with van der Waals surface area (Å²) in [6, 6.07) is 58.4. The van der Waals surface area contributed by atoms with Gasteiger partial charge in [0.15, 0.2) is 0 Å². The molecule has 6 aromatic carbocycles. The minimum absolute atomic E-state index is 0.584. The molecule has 0 bridgehead atoms. The van der Waals surface area contributed by atoms with Crippen molar-refractivity contribution in [3.05, 3.63) is 205 Å². The number of nitrogens with zero attached hydrogens (tertiary/aromatic N) is 6. The average molecular weight is 667 g/mol. The Morgan fingerprint density at radius 1 is 0.385 bits per heavy atom. The van der Waals surface area contributed by atoms with Crippen LogP contribution < -0.4 is 9.80 Å². The van der Waals surface area contributed by atoms with E-state index in [-0.39, 0.29) is 0 Å². The third-order valence-corrected chi connectivity index (χ3v) is 10.7. The zero-order chi connectivity index (χ0) is 34.2. The molecule has 2 aliphatic heterocycles. The van der Waals surface area contributed by atoms with Gasteiger partial charge in [-0.25, -0.2) is 9.97 Å². The highest BCUT2D eigenvalue weighted by Crippen LogP contribution is 2.63. The molecule has 6 nitrogen and oxygen atoms in total. The Morgan fingerprint density at radius 2 is 0.846 bits per heavy atom. The second kappa shape index (κ2) is 11.0. The number of fused-ring (bicyclic) bond motifs is 11. The smallest absolute Gasteiger partial charge is 0.234 e. The second-order valence-corrected chi connectivity index (χ2v) is 13.3. The van der Waals surface area contributed by atoms with Crippen LogP contribution >= 0.6 is 0 Å². The Morgan fingerprint density at radius 3 is 1.42 bits per heavy atom. The topological polar surface area (TPSA) is 50.1 Å². The molecule has 0 radical (unpaired) electrons. The van der Waals surface area contributed by atoms with E-state index < -0.39 is 5.41 Å². The summed E-state index contributed by atoms with van der Waals surface area (Å²) < 4.78 is 2.10. The van der Waals surface area contributed by atoms with Crippen LogP contribution in [0.25, 0.3) is 27.9 Å². The predicted octanol–water partition coefficient (Wildman–Crippen LogP) is 10.9. The number of aromatic nitrogens is 4. The quantitative estimate of drug-likeness (QED) is 0.188. The second-order valence-electron chi connectivity index (χ2n) is 13.3. The van der Waals surface area contributed by atoms with E-state index in [4.69, 9.17) is 15.0 Å². The SMILES string of the molecule is c1ccc(N2c3ccccc3C3(c4ccccc42)c2ccccc2N(c2cnc(-n4c5ccccc5c5ncccc54)nc2)c2ccccc23)cc1. The van der Waals surface area contributed by atoms with Crippen molar-refractivity contribution >= 4 is 56.1 Å². The van der Waals surface area contributed by atoms with Crippen LogP contribution in [0, 0.1) is 0 Å². The van der Waals surface area contributed by atoms with E-state index in [1.165, 1.54) is 33.6 Å². The molecule has 9 aromatic rings. The molecule has 0 N–H and O–H groups in total. The van der Waals surface area contributed by atoms with Gasteiger partial charge in [-0.15, -0.1) is 0 Å². The van der Waals surface area contributed by atoms with E-state index in [0.29, 0.717) is 5.95 Å². The summed E-state index contributed by atoms with van der Waals surface area (Å²) in [6.45, 7) is 0. The maximum atomic E-state index is 5.04. The Balaban J connectivity index is 1.14. The zero-order valence-corrected chi connectivity index (χ0v) is 28.0. The number of hydrogen-bond donors (Lipinski definition) is 0. The van der Waals surface area contributed by atoms with Gasteiger partial charge in [-0.05, 0) is 76.9 Å². The number of hydrogen-bond acceptors (Lipinski definition) is 5. The first-order valence-corrected chi connectivity index (χ1v) is 17.5. The Hall–Kier alpha value is -7.05. The van der Waals surface area contributed by atoms with Crippen molar-refractivity contribution in [2.45, 2.75) is 5.41 Å². The molecule has 11 rings (SSSR count). The van der Waals surface area contributed by atoms with Crippen molar-refractivity contribution in [3.8, 4) is 5.95 Å². The normalized spacial score (nSPS) is 13.8. The molecule has 0 saturated heterocycles. The summed E-state index contributed by atoms with van der Waals surface area (Å²) in [7, 11) is 0. The molecule has 3 aromatic heterocycles. The minimum atomic E-state index is -0.584. The van der Waals surface area contributed by atoms with Crippen LogP contribution in [0.2, 0.25) is 0 Å². The highest BCUT2D eigenvalue weighted by atomic mass is 15.2. The molecule has 5 heterocycles. The van der Waals surface area contributed by atoms with E-state index in [2.05, 4.69) is 160 Å². The summed E-state index contributed by atoms with van der Waals surface area (Å²) in [5, 5.41) is 1.08. The fourth-order valence-electron chi connectivity index (χ4n) is 8.75. The van der Waals surface area contributed by atoms with Gasteiger partial charge in [-0.3, -0.25) is 9.55 Å². The lowest BCUT2D eigenvalue weighted by Crippen LogP contribution is -2.41. The van der Waals surface area contributed by atoms with E-state index in [0.717, 1.165) is 44.7 Å². The fourth-order valence-corrected chi connectivity index (χ4v) is 8.75. The molecule has 0 fully saturated rings. The third-order valence-electron chi connectivity index (χ3n) is 10.7. The number of rotatable bonds is 3. The predicted molar refractivity (Wildman–Crippen MR) is 209 cm³/mol. The Kier molecular flexibility index (Phi) is 6.07. The van der Waals surface area contributed by atoms with E-state index in [9.17, 15) is 0 Å². The molecular weight excluding hydrogens is 637 g/mol. The highest BCUT2D eigenvalue weighted by molar-refractivity contribution is 6.06. The summed E-state index contributed by atoms with van der Waals surface area (Å²) >= 11 is 0. The molecule has 0 atom stereocenters. The maximum Gasteiger partial charge on any atom is 0.234 e. The summed E-state index contributed by atoms with van der Waals surface area (Å²) in [6.07, 6.45) is 5.74. The van der Waals surface area contributed by atoms with Gasteiger partial charge in [0.2, 0.25) is 5.95 Å². The van der Waals surface area contributed by atoms with Crippen LogP contribution in [0.4, 0.5) is 34.1 Å². The number of pyridine rings is 1. The largest absolute Gasteiger partial charge is 0.310 e. The van der Waals surface area contributed by atoms with Crippen molar-refractivity contribution < 1.29 is 0 Å². The summed E-state index contributed by atoms with van der Waals surface area (Å²) in [4.78, 5) is 19.5. The summed E-state index contributed by atoms with van der Waals surface area (Å²) in [5.41, 5.74) is 13.8. The third kappa shape index (κ3) is 3.80. The van der Waals surface area contributed by atoms with Crippen molar-refractivity contribution in [1.82, 2.24) is 19.5 Å². The summed E-state index contributed by atoms with van der Waals surface area (Å²) in [5.74, 6) is 0.606. The lowest BCUT2D eigenvalue weighted by atomic mass is 9.60. The molecule has 1 spiro atoms. The molecule has 0 aliphatic carbocycles. The van der Waals surface area contributed by atoms with Gasteiger partial charge in [0.25, 0.3) is 0 Å². The first-order chi connectivity index (χ1) is 25.8. The lowest BCUT2D eigenvalue weighted by molar-refractivity contribution is 0.718. The molecule has 0 saturated carbocycles. The fraction of sp³-hybridized carbons (Fsp3) is 0.0217. The van der Waals surface area contributed by atoms with Crippen LogP contribution in [0.3, 0.4) is 0 Å². The van der Waals surface area contributed by atoms with Crippen LogP contribution in [0.15, 0.2) is 182 Å². The molecule has 0 unspecified atom stereocenters. The monoisotopic (exact) mass is 666 g/mol. The minimum Gasteiger partial charge on any atom is -0.310 e. The van der Waals surface area contributed by atoms with Crippen LogP contribution in [0.1, 0.15) is 22.3 Å². The van der Waals surface area contributed by atoms with Crippen LogP contribution in [-0.2, 0) is 5.41 Å². The van der Waals surface area contributed by atoms with E-state index in [1.807, 2.05) is 36.8 Å². The molecule has 2 aliphatic rings. The standard InChI is InChI=1S/C46H30N6/c1-2-15-31(16-3-1)50-39-23-10-5-18-34(39)46(35-19-6-11-24-40(35)50)36-20-7-12-25-41(36)51(42-26-13-8-21-37(42)46)32-29-48-45(49-30-32)52-38-22-9-4-17-33(38)44-43(52)27-14-28-47-44/h1-30H. The van der Waals surface area contributed by atoms with E-state index in [1.54, 1.807) is 0 Å². The van der Waals surface area contributed by atoms with Crippen molar-refractivity contribution in [2.75, 3.05) is 9.80 Å². The molecule has 0 amide bonds. The highest BCUT2D eigenvalue weighted by Gasteiger charge is 2.51. The number of para-hydroxylation sites is 6. The van der Waals surface area contributed by atoms with Gasteiger partial charge >= 0.3 is 0 Å². The molecule has 244 valence electrons. The van der Waals surface area contributed by atoms with Gasteiger partial charge < -0.3 is 9.80 Å². The van der Waals surface area contributed by atoms with E-state index >= 15 is 0 Å². The number of anilines is 6. The van der Waals surface area contributed by atoms with Gasteiger partial charge in [-0.2, -0.15) is 0 Å². The molecule has 6 heteroatoms. The maximum absolute atomic E-state index is 5.04. The first-order valence-electron chi connectivity index (χ1n) is 17.5. The first kappa shape index (κ1) is 28.8. The zero-order valence-electron chi connectivity index (χ0n) is 28.0. The Labute approximate surface area is 300 Å². The molecular formula is C46H30N6. The Bertz CT molecular complexity index is 2670. The van der Waals surface area contributed by atoms with Gasteiger partial charge in [-0.1, -0.05) is 109 Å². The van der Waals surface area contributed by atoms with Crippen molar-refractivity contribution in [2.24, 2.45) is 0 Å². The van der Waals surface area contributed by atoms with Crippen molar-refractivity contribution in [1.29, 1.82) is 0 Å². The van der Waals surface area contributed by atoms with Gasteiger partial charge in [0.05, 0.1) is 62.8 Å². The lowest BCUT2D eigenvalue weighted by Gasteiger charge is -2.51. The van der Waals surface area contributed by atoms with Crippen molar-refractivity contribution in [3.63, 3.8) is 0 Å².